The molecule has 0 unspecified atom stereocenters. The maximum absolute atomic E-state index is 12.4. The molecule has 0 fully saturated rings. The van der Waals surface area contributed by atoms with E-state index in [0.717, 1.165) is 0 Å². The van der Waals surface area contributed by atoms with Crippen molar-refractivity contribution < 1.29 is 8.42 Å². The average molecular weight is 373 g/mol. The molecule has 1 heterocycles. The van der Waals surface area contributed by atoms with E-state index in [2.05, 4.69) is 25.8 Å². The summed E-state index contributed by atoms with van der Waals surface area (Å²) in [5.41, 5.74) is 7.17. The molecule has 1 aromatic carbocycles. The van der Waals surface area contributed by atoms with E-state index in [1.165, 1.54) is 12.3 Å². The lowest BCUT2D eigenvalue weighted by atomic mass is 10.2. The second-order valence-corrected chi connectivity index (χ2v) is 7.55. The van der Waals surface area contributed by atoms with Gasteiger partial charge in [0.1, 0.15) is 0 Å². The molecular weight excluding hydrogens is 356 g/mol. The van der Waals surface area contributed by atoms with E-state index in [1.54, 1.807) is 23.9 Å². The zero-order valence-electron chi connectivity index (χ0n) is 12.0. The number of nitrogen functional groups attached to an aromatic ring is 1. The molecule has 2 aromatic rings. The van der Waals surface area contributed by atoms with Gasteiger partial charge < -0.3 is 5.73 Å². The number of hydrogen-bond donors (Lipinski definition) is 2. The first kappa shape index (κ1) is 15.8. The monoisotopic (exact) mass is 372 g/mol. The topological polar surface area (TPSA) is 90.0 Å². The van der Waals surface area contributed by atoms with E-state index < -0.39 is 10.0 Å². The number of hydrogen-bond acceptors (Lipinski definition) is 4. The number of aryl methyl sites for hydroxylation is 1. The number of nitrogens with one attached hydrogen (secondary N) is 1. The molecule has 0 radical (unpaired) electrons. The van der Waals surface area contributed by atoms with Gasteiger partial charge in [-0.3, -0.25) is 9.40 Å². The summed E-state index contributed by atoms with van der Waals surface area (Å²) in [5.74, 6) is 0. The lowest BCUT2D eigenvalue weighted by Gasteiger charge is -2.11. The average Bonchev–Trinajstić information content (AvgIpc) is 2.81. The van der Waals surface area contributed by atoms with Crippen molar-refractivity contribution in [2.75, 3.05) is 10.5 Å². The normalized spacial score (nSPS) is 11.9. The van der Waals surface area contributed by atoms with Gasteiger partial charge in [-0.05, 0) is 54.4 Å². The van der Waals surface area contributed by atoms with E-state index >= 15 is 0 Å². The van der Waals surface area contributed by atoms with Gasteiger partial charge in [0, 0.05) is 22.4 Å². The van der Waals surface area contributed by atoms with Crippen LogP contribution in [0.25, 0.3) is 0 Å². The summed E-state index contributed by atoms with van der Waals surface area (Å²) in [6.45, 7) is 5.64. The second-order valence-electron chi connectivity index (χ2n) is 5.05. The van der Waals surface area contributed by atoms with Crippen molar-refractivity contribution in [3.8, 4) is 0 Å². The third-order valence-corrected chi connectivity index (χ3v) is 5.18. The van der Waals surface area contributed by atoms with Crippen molar-refractivity contribution in [1.82, 2.24) is 9.78 Å². The van der Waals surface area contributed by atoms with Gasteiger partial charge in [0.05, 0.1) is 16.8 Å². The molecule has 0 spiro atoms. The zero-order valence-corrected chi connectivity index (χ0v) is 14.4. The minimum absolute atomic E-state index is 0.153. The highest BCUT2D eigenvalue weighted by atomic mass is 79.9. The van der Waals surface area contributed by atoms with Gasteiger partial charge in [0.2, 0.25) is 0 Å². The van der Waals surface area contributed by atoms with Crippen molar-refractivity contribution in [1.29, 1.82) is 0 Å². The van der Waals surface area contributed by atoms with Crippen LogP contribution in [0, 0.1) is 6.92 Å². The maximum atomic E-state index is 12.4. The van der Waals surface area contributed by atoms with Crippen LogP contribution in [0.5, 0.6) is 0 Å². The summed E-state index contributed by atoms with van der Waals surface area (Å²) in [6.07, 6.45) is 3.13. The molecule has 0 aliphatic heterocycles. The van der Waals surface area contributed by atoms with Crippen LogP contribution in [0.1, 0.15) is 25.5 Å². The Bertz CT molecular complexity index is 768. The SMILES string of the molecule is Cc1cc(Br)c(N)cc1S(=O)(=O)Nc1cnn(C(C)C)c1. The molecular formula is C13H17BrN4O2S. The van der Waals surface area contributed by atoms with Crippen molar-refractivity contribution in [2.24, 2.45) is 0 Å². The van der Waals surface area contributed by atoms with Crippen molar-refractivity contribution >= 4 is 37.3 Å². The highest BCUT2D eigenvalue weighted by Gasteiger charge is 2.19. The minimum Gasteiger partial charge on any atom is -0.398 e. The zero-order chi connectivity index (χ0) is 15.8. The smallest absolute Gasteiger partial charge is 0.262 e. The number of halogens is 1. The predicted octanol–water partition coefficient (Wildman–Crippen LogP) is 2.92. The fraction of sp³-hybridized carbons (Fsp3) is 0.308. The van der Waals surface area contributed by atoms with Crippen LogP contribution in [0.2, 0.25) is 0 Å². The molecule has 0 aliphatic carbocycles. The van der Waals surface area contributed by atoms with Crippen LogP contribution in [0.4, 0.5) is 11.4 Å². The Morgan fingerprint density at radius 2 is 2.05 bits per heavy atom. The minimum atomic E-state index is -3.70. The molecule has 1 aromatic heterocycles. The van der Waals surface area contributed by atoms with Gasteiger partial charge in [0.15, 0.2) is 0 Å². The third kappa shape index (κ3) is 3.38. The lowest BCUT2D eigenvalue weighted by molar-refractivity contribution is 0.532. The Labute approximate surface area is 132 Å². The maximum Gasteiger partial charge on any atom is 0.262 e. The molecule has 0 aliphatic rings. The summed E-state index contributed by atoms with van der Waals surface area (Å²) >= 11 is 3.28. The molecule has 2 rings (SSSR count). The number of aromatic nitrogens is 2. The van der Waals surface area contributed by atoms with E-state index in [9.17, 15) is 8.42 Å². The number of rotatable bonds is 4. The van der Waals surface area contributed by atoms with E-state index in [-0.39, 0.29) is 10.9 Å². The Morgan fingerprint density at radius 1 is 1.38 bits per heavy atom. The van der Waals surface area contributed by atoms with Crippen LogP contribution < -0.4 is 10.5 Å². The molecule has 0 amide bonds. The Balaban J connectivity index is 2.36. The van der Waals surface area contributed by atoms with Gasteiger partial charge in [-0.15, -0.1) is 0 Å². The summed E-state index contributed by atoms with van der Waals surface area (Å²) in [7, 11) is -3.70. The van der Waals surface area contributed by atoms with Gasteiger partial charge >= 0.3 is 0 Å². The first-order valence-corrected chi connectivity index (χ1v) is 8.61. The second kappa shape index (κ2) is 5.69. The van der Waals surface area contributed by atoms with Crippen molar-refractivity contribution in [2.45, 2.75) is 31.7 Å². The van der Waals surface area contributed by atoms with Crippen molar-refractivity contribution in [3.63, 3.8) is 0 Å². The number of sulfonamides is 1. The van der Waals surface area contributed by atoms with Gasteiger partial charge in [0.25, 0.3) is 10.0 Å². The highest BCUT2D eigenvalue weighted by Crippen LogP contribution is 2.27. The number of anilines is 2. The number of benzene rings is 1. The molecule has 8 heteroatoms. The first-order valence-electron chi connectivity index (χ1n) is 6.33. The van der Waals surface area contributed by atoms with E-state index in [4.69, 9.17) is 5.73 Å². The Kier molecular flexibility index (Phi) is 4.29. The van der Waals surface area contributed by atoms with Crippen LogP contribution in [-0.2, 0) is 10.0 Å². The van der Waals surface area contributed by atoms with E-state index in [0.29, 0.717) is 21.4 Å². The van der Waals surface area contributed by atoms with Gasteiger partial charge in [-0.25, -0.2) is 8.42 Å². The first-order chi connectivity index (χ1) is 9.70. The fourth-order valence-electron chi connectivity index (χ4n) is 1.84. The summed E-state index contributed by atoms with van der Waals surface area (Å²) in [5, 5.41) is 4.11. The predicted molar refractivity (Wildman–Crippen MR) is 86.7 cm³/mol. The molecule has 0 bridgehead atoms. The lowest BCUT2D eigenvalue weighted by Crippen LogP contribution is -2.14. The largest absolute Gasteiger partial charge is 0.398 e. The van der Waals surface area contributed by atoms with Crippen LogP contribution in [-0.4, -0.2) is 18.2 Å². The molecule has 21 heavy (non-hydrogen) atoms. The standard InChI is InChI=1S/C13H17BrN4O2S/c1-8(2)18-7-10(6-16-18)17-21(19,20)13-5-12(15)11(14)4-9(13)3/h4-8,17H,15H2,1-3H3. The van der Waals surface area contributed by atoms with Crippen molar-refractivity contribution in [3.05, 3.63) is 34.6 Å². The quantitative estimate of drug-likeness (QED) is 0.807. The highest BCUT2D eigenvalue weighted by molar-refractivity contribution is 9.10. The van der Waals surface area contributed by atoms with Crippen LogP contribution in [0.3, 0.4) is 0 Å². The molecule has 6 nitrogen and oxygen atoms in total. The molecule has 114 valence electrons. The molecule has 3 N–H and O–H groups in total. The Morgan fingerprint density at radius 3 is 2.62 bits per heavy atom. The van der Waals surface area contributed by atoms with Crippen LogP contribution in [0.15, 0.2) is 33.9 Å². The fourth-order valence-corrected chi connectivity index (χ4v) is 3.59. The van der Waals surface area contributed by atoms with Gasteiger partial charge in [-0.2, -0.15) is 5.10 Å². The van der Waals surface area contributed by atoms with E-state index in [1.807, 2.05) is 13.8 Å². The molecule has 0 saturated carbocycles. The third-order valence-electron chi connectivity index (χ3n) is 2.97. The molecule has 0 saturated heterocycles. The Hall–Kier alpha value is -1.54. The summed E-state index contributed by atoms with van der Waals surface area (Å²) < 4.78 is 29.8. The number of nitrogens with zero attached hydrogens (tertiary/aromatic N) is 2. The van der Waals surface area contributed by atoms with Gasteiger partial charge in [-0.1, -0.05) is 0 Å². The summed E-state index contributed by atoms with van der Waals surface area (Å²) in [4.78, 5) is 0.153. The van der Waals surface area contributed by atoms with Crippen LogP contribution >= 0.6 is 15.9 Å². The number of nitrogens with two attached hydrogens (primary N) is 1. The summed E-state index contributed by atoms with van der Waals surface area (Å²) in [6, 6.07) is 3.28. The molecule has 0 atom stereocenters.